The second-order valence-electron chi connectivity index (χ2n) is 6.88. The van der Waals surface area contributed by atoms with Crippen molar-refractivity contribution in [3.63, 3.8) is 0 Å². The molecule has 0 amide bonds. The number of carbonyl (C=O) groups is 2. The van der Waals surface area contributed by atoms with E-state index in [0.29, 0.717) is 25.2 Å². The Bertz CT molecular complexity index is 404. The van der Waals surface area contributed by atoms with Gasteiger partial charge in [0.05, 0.1) is 6.61 Å². The topological polar surface area (TPSA) is 43.4 Å². The number of carbonyl (C=O) groups excluding carboxylic acids is 2. The third kappa shape index (κ3) is 12.3. The van der Waals surface area contributed by atoms with Crippen LogP contribution in [0.1, 0.15) is 96.8 Å². The molecule has 0 atom stereocenters. The molecule has 144 valence electrons. The van der Waals surface area contributed by atoms with Gasteiger partial charge in [0, 0.05) is 17.7 Å². The summed E-state index contributed by atoms with van der Waals surface area (Å²) in [5, 5.41) is 0. The number of ketones is 1. The molecule has 0 radical (unpaired) electrons. The van der Waals surface area contributed by atoms with Gasteiger partial charge in [-0.05, 0) is 31.4 Å². The second-order valence-corrected chi connectivity index (χ2v) is 8.02. The molecule has 0 fully saturated rings. The van der Waals surface area contributed by atoms with Gasteiger partial charge in [0.15, 0.2) is 5.78 Å². The highest BCUT2D eigenvalue weighted by atomic mass is 32.2. The predicted molar refractivity (Wildman–Crippen MR) is 107 cm³/mol. The van der Waals surface area contributed by atoms with Crippen LogP contribution in [0.4, 0.5) is 0 Å². The fraction of sp³-hybridized carbons (Fsp3) is 0.810. The highest BCUT2D eigenvalue weighted by Gasteiger charge is 2.14. The van der Waals surface area contributed by atoms with Gasteiger partial charge in [-0.25, -0.2) is 0 Å². The summed E-state index contributed by atoms with van der Waals surface area (Å²) in [7, 11) is 0. The van der Waals surface area contributed by atoms with Gasteiger partial charge < -0.3 is 4.74 Å². The average molecular weight is 369 g/mol. The summed E-state index contributed by atoms with van der Waals surface area (Å²) in [6, 6.07) is 0. The lowest BCUT2D eigenvalue weighted by molar-refractivity contribution is -0.143. The zero-order chi connectivity index (χ0) is 18.2. The molecule has 1 aliphatic rings. The molecule has 4 heteroatoms. The molecular weight excluding hydrogens is 332 g/mol. The summed E-state index contributed by atoms with van der Waals surface area (Å²) in [5.41, 5.74) is 0. The molecule has 0 saturated heterocycles. The summed E-state index contributed by atoms with van der Waals surface area (Å²) in [6.45, 7) is 2.82. The number of hydrogen-bond donors (Lipinski definition) is 0. The van der Waals surface area contributed by atoms with Crippen LogP contribution < -0.4 is 0 Å². The number of Topliss-reactive ketones (excluding diaryl/α,β-unsaturated/α-hetero) is 1. The van der Waals surface area contributed by atoms with Gasteiger partial charge in [0.1, 0.15) is 0 Å². The summed E-state index contributed by atoms with van der Waals surface area (Å²) in [6.07, 6.45) is 17.3. The Labute approximate surface area is 158 Å². The number of ether oxygens (including phenoxy) is 1. The zero-order valence-corrected chi connectivity index (χ0v) is 16.8. The standard InChI is InChI=1S/C21H36O3S/c1-2-3-4-5-6-7-8-11-17-24-21(23)16-10-9-12-18-25-20-15-13-14-19(20)22/h15H,2-14,16-18H2,1H3. The molecule has 0 aliphatic heterocycles. The van der Waals surface area contributed by atoms with E-state index < -0.39 is 0 Å². The highest BCUT2D eigenvalue weighted by Crippen LogP contribution is 2.26. The van der Waals surface area contributed by atoms with Crippen LogP contribution >= 0.6 is 11.8 Å². The van der Waals surface area contributed by atoms with E-state index in [4.69, 9.17) is 4.74 Å². The van der Waals surface area contributed by atoms with Gasteiger partial charge in [0.25, 0.3) is 0 Å². The van der Waals surface area contributed by atoms with Gasteiger partial charge in [-0.2, -0.15) is 0 Å². The lowest BCUT2D eigenvalue weighted by Crippen LogP contribution is -2.05. The van der Waals surface area contributed by atoms with Crippen molar-refractivity contribution in [2.45, 2.75) is 96.8 Å². The van der Waals surface area contributed by atoms with Gasteiger partial charge in [-0.1, -0.05) is 64.4 Å². The van der Waals surface area contributed by atoms with Crippen molar-refractivity contribution in [1.29, 1.82) is 0 Å². The Morgan fingerprint density at radius 3 is 2.36 bits per heavy atom. The van der Waals surface area contributed by atoms with Gasteiger partial charge in [-0.3, -0.25) is 9.59 Å². The maximum Gasteiger partial charge on any atom is 0.305 e. The van der Waals surface area contributed by atoms with Gasteiger partial charge >= 0.3 is 5.97 Å². The zero-order valence-electron chi connectivity index (χ0n) is 16.0. The molecule has 1 rings (SSSR count). The third-order valence-electron chi connectivity index (χ3n) is 4.52. The van der Waals surface area contributed by atoms with E-state index in [2.05, 4.69) is 13.0 Å². The Hall–Kier alpha value is -0.770. The van der Waals surface area contributed by atoms with Crippen LogP contribution in [0.5, 0.6) is 0 Å². The first-order valence-electron chi connectivity index (χ1n) is 10.3. The number of esters is 1. The van der Waals surface area contributed by atoms with Crippen LogP contribution in [-0.4, -0.2) is 24.1 Å². The number of allylic oxidation sites excluding steroid dienone is 2. The fourth-order valence-corrected chi connectivity index (χ4v) is 4.00. The molecule has 0 bridgehead atoms. The summed E-state index contributed by atoms with van der Waals surface area (Å²) < 4.78 is 5.29. The predicted octanol–water partition coefficient (Wildman–Crippen LogP) is 6.21. The van der Waals surface area contributed by atoms with E-state index in [1.54, 1.807) is 11.8 Å². The minimum Gasteiger partial charge on any atom is -0.466 e. The molecule has 0 aromatic rings. The van der Waals surface area contributed by atoms with Crippen molar-refractivity contribution in [1.82, 2.24) is 0 Å². The largest absolute Gasteiger partial charge is 0.466 e. The number of unbranched alkanes of at least 4 members (excludes halogenated alkanes) is 9. The Balaban J connectivity index is 1.80. The van der Waals surface area contributed by atoms with Crippen molar-refractivity contribution in [2.24, 2.45) is 0 Å². The minimum absolute atomic E-state index is 0.0516. The Morgan fingerprint density at radius 2 is 1.68 bits per heavy atom. The molecule has 0 aromatic carbocycles. The summed E-state index contributed by atoms with van der Waals surface area (Å²) >= 11 is 1.67. The molecule has 1 aliphatic carbocycles. The maximum absolute atomic E-state index is 11.7. The van der Waals surface area contributed by atoms with Gasteiger partial charge in [0.2, 0.25) is 0 Å². The van der Waals surface area contributed by atoms with Crippen LogP contribution in [0.25, 0.3) is 0 Å². The second kappa shape index (κ2) is 15.5. The lowest BCUT2D eigenvalue weighted by Gasteiger charge is -2.05. The minimum atomic E-state index is -0.0516. The van der Waals surface area contributed by atoms with E-state index in [9.17, 15) is 9.59 Å². The highest BCUT2D eigenvalue weighted by molar-refractivity contribution is 8.04. The first-order chi connectivity index (χ1) is 12.2. The molecule has 3 nitrogen and oxygen atoms in total. The van der Waals surface area contributed by atoms with Crippen molar-refractivity contribution >= 4 is 23.5 Å². The number of hydrogen-bond acceptors (Lipinski definition) is 4. The average Bonchev–Trinajstić information content (AvgIpc) is 3.01. The number of rotatable bonds is 16. The maximum atomic E-state index is 11.7. The molecule has 0 saturated carbocycles. The van der Waals surface area contributed by atoms with E-state index in [1.165, 1.54) is 44.9 Å². The SMILES string of the molecule is CCCCCCCCCCOC(=O)CCCCCSC1=CCCC1=O. The van der Waals surface area contributed by atoms with Crippen molar-refractivity contribution in [3.8, 4) is 0 Å². The van der Waals surface area contributed by atoms with Gasteiger partial charge in [-0.15, -0.1) is 11.8 Å². The van der Waals surface area contributed by atoms with Crippen molar-refractivity contribution in [3.05, 3.63) is 11.0 Å². The first kappa shape index (κ1) is 22.3. The Morgan fingerprint density at radius 1 is 1.00 bits per heavy atom. The van der Waals surface area contributed by atoms with Crippen LogP contribution in [0.15, 0.2) is 11.0 Å². The smallest absolute Gasteiger partial charge is 0.305 e. The van der Waals surface area contributed by atoms with E-state index >= 15 is 0 Å². The molecule has 0 aromatic heterocycles. The van der Waals surface area contributed by atoms with E-state index in [1.807, 2.05) is 0 Å². The van der Waals surface area contributed by atoms with Crippen LogP contribution in [0.3, 0.4) is 0 Å². The molecule has 25 heavy (non-hydrogen) atoms. The molecular formula is C21H36O3S. The monoisotopic (exact) mass is 368 g/mol. The molecule has 0 N–H and O–H groups in total. The third-order valence-corrected chi connectivity index (χ3v) is 5.72. The van der Waals surface area contributed by atoms with Crippen molar-refractivity contribution in [2.75, 3.05) is 12.4 Å². The normalized spacial score (nSPS) is 14.0. The van der Waals surface area contributed by atoms with E-state index in [0.717, 1.165) is 42.8 Å². The van der Waals surface area contributed by atoms with Crippen LogP contribution in [-0.2, 0) is 14.3 Å². The molecule has 0 unspecified atom stereocenters. The lowest BCUT2D eigenvalue weighted by atomic mass is 10.1. The van der Waals surface area contributed by atoms with Crippen LogP contribution in [0, 0.1) is 0 Å². The summed E-state index contributed by atoms with van der Waals surface area (Å²) in [5.74, 6) is 1.23. The van der Waals surface area contributed by atoms with E-state index in [-0.39, 0.29) is 5.97 Å². The number of thioether (sulfide) groups is 1. The summed E-state index contributed by atoms with van der Waals surface area (Å²) in [4.78, 5) is 24.1. The Kier molecular flexibility index (Phi) is 13.8. The first-order valence-corrected chi connectivity index (χ1v) is 11.2. The van der Waals surface area contributed by atoms with Crippen LogP contribution in [0.2, 0.25) is 0 Å². The molecule has 0 heterocycles. The molecule has 0 spiro atoms. The van der Waals surface area contributed by atoms with Crippen molar-refractivity contribution < 1.29 is 14.3 Å². The fourth-order valence-electron chi connectivity index (χ4n) is 2.94. The quantitative estimate of drug-likeness (QED) is 0.240.